The van der Waals surface area contributed by atoms with Crippen molar-refractivity contribution in [2.45, 2.75) is 129 Å². The van der Waals surface area contributed by atoms with Crippen molar-refractivity contribution in [1.82, 2.24) is 38.9 Å². The molecule has 0 unspecified atom stereocenters. The van der Waals surface area contributed by atoms with Crippen LogP contribution in [0.5, 0.6) is 0 Å². The van der Waals surface area contributed by atoms with E-state index < -0.39 is 11.7 Å². The number of aliphatic hydroxyl groups is 1. The van der Waals surface area contributed by atoms with Crippen LogP contribution in [0.1, 0.15) is 119 Å². The normalized spacial score (nSPS) is 18.4. The Kier molecular flexibility index (Phi) is 15.9. The highest BCUT2D eigenvalue weighted by Gasteiger charge is 2.34. The van der Waals surface area contributed by atoms with Gasteiger partial charge in [0.05, 0.1) is 37.6 Å². The summed E-state index contributed by atoms with van der Waals surface area (Å²) in [5.74, 6) is 3.28. The number of fused-ring (bicyclic) bond motifs is 2. The molecule has 3 aliphatic heterocycles. The highest BCUT2D eigenvalue weighted by atomic mass is 16.6. The average molecular weight is 989 g/mol. The fourth-order valence-electron chi connectivity index (χ4n) is 10.0. The number of piperidine rings is 1. The Labute approximate surface area is 421 Å². The summed E-state index contributed by atoms with van der Waals surface area (Å²) in [4.78, 5) is 61.4. The molecule has 72 heavy (non-hydrogen) atoms. The number of pyridine rings is 1. The van der Waals surface area contributed by atoms with Gasteiger partial charge in [0.25, 0.3) is 5.56 Å². The number of hydrogen-bond acceptors (Lipinski definition) is 15. The summed E-state index contributed by atoms with van der Waals surface area (Å²) < 4.78 is 20.6. The van der Waals surface area contributed by atoms with Crippen LogP contribution >= 0.6 is 0 Å². The van der Waals surface area contributed by atoms with Crippen molar-refractivity contribution in [3.63, 3.8) is 0 Å². The van der Waals surface area contributed by atoms with Crippen molar-refractivity contribution in [1.29, 1.82) is 0 Å². The van der Waals surface area contributed by atoms with Gasteiger partial charge in [-0.2, -0.15) is 14.6 Å². The first kappa shape index (κ1) is 50.6. The topological polar surface area (TPSA) is 197 Å². The van der Waals surface area contributed by atoms with E-state index in [0.29, 0.717) is 49.9 Å². The second kappa shape index (κ2) is 22.6. The van der Waals surface area contributed by atoms with Crippen LogP contribution in [-0.2, 0) is 40.3 Å². The fraction of sp³-hybridized carbons (Fsp3) is 0.566. The van der Waals surface area contributed by atoms with Crippen LogP contribution in [0.3, 0.4) is 0 Å². The molecule has 7 heterocycles. The third-order valence-electron chi connectivity index (χ3n) is 14.2. The number of piperazine rings is 1. The molecular formula is C53H72N12O7. The average Bonchev–Trinajstić information content (AvgIpc) is 4.11. The summed E-state index contributed by atoms with van der Waals surface area (Å²) >= 11 is 0. The summed E-state index contributed by atoms with van der Waals surface area (Å²) in [5, 5.41) is 21.4. The summed E-state index contributed by atoms with van der Waals surface area (Å²) in [6, 6.07) is 14.6. The third-order valence-corrected chi connectivity index (χ3v) is 14.2. The van der Waals surface area contributed by atoms with Crippen LogP contribution in [0.15, 0.2) is 65.8 Å². The van der Waals surface area contributed by atoms with Gasteiger partial charge >= 0.3 is 12.2 Å². The van der Waals surface area contributed by atoms with Crippen LogP contribution in [0, 0.1) is 5.92 Å². The number of benzene rings is 1. The van der Waals surface area contributed by atoms with E-state index in [1.807, 2.05) is 54.7 Å². The van der Waals surface area contributed by atoms with Crippen molar-refractivity contribution in [3.8, 4) is 0 Å². The van der Waals surface area contributed by atoms with E-state index in [-0.39, 0.29) is 62.8 Å². The standard InChI is InChI=1S/C53H72N12O7/c1-6-39-33-56-65-45(30-46(58-49(39)65)63-19-8-7-9-43(63)18-26-66)54-31-38-12-17-47(67)62(34-38)24-27-70-28-25-64-48-42(35-71-52(64)69)32-55-50(59-48)57-36(2)40-13-15-41(16-14-40)44(29-37-10-11-37)60-20-22-61(23-21-60)51(68)72-53(3,4)5/h12-17,30,32-34,36-37,43-44,54,66H,6-11,18-29,31,35H2,1-5H3,(H,55,57,59)/t36-,43-,44-/m0/s1. The number of nitrogens with zero attached hydrogens (tertiary/aromatic N) is 10. The molecule has 2 amide bonds. The minimum Gasteiger partial charge on any atom is -0.444 e. The lowest BCUT2D eigenvalue weighted by molar-refractivity contribution is 0.00940. The molecule has 1 aromatic carbocycles. The molecule has 0 bridgehead atoms. The minimum absolute atomic E-state index is 0.0769. The molecule has 386 valence electrons. The molecule has 9 rings (SSSR count). The summed E-state index contributed by atoms with van der Waals surface area (Å²) in [7, 11) is 0. The quantitative estimate of drug-likeness (QED) is 0.0655. The van der Waals surface area contributed by atoms with E-state index in [1.165, 1.54) is 23.3 Å². The van der Waals surface area contributed by atoms with Crippen LogP contribution in [0.4, 0.5) is 33.0 Å². The van der Waals surface area contributed by atoms with Gasteiger partial charge in [0, 0.05) is 94.6 Å². The predicted molar refractivity (Wildman–Crippen MR) is 275 cm³/mol. The first-order valence-corrected chi connectivity index (χ1v) is 26.0. The number of aromatic nitrogens is 6. The molecule has 5 aromatic rings. The van der Waals surface area contributed by atoms with E-state index in [4.69, 9.17) is 24.2 Å². The first-order chi connectivity index (χ1) is 34.8. The Hall–Kier alpha value is -6.31. The Morgan fingerprint density at radius 3 is 2.47 bits per heavy atom. The zero-order valence-electron chi connectivity index (χ0n) is 42.6. The van der Waals surface area contributed by atoms with Crippen LogP contribution in [0.2, 0.25) is 0 Å². The number of cyclic esters (lactones) is 1. The van der Waals surface area contributed by atoms with E-state index in [9.17, 15) is 19.5 Å². The zero-order chi connectivity index (χ0) is 50.4. The van der Waals surface area contributed by atoms with Gasteiger partial charge in [-0.25, -0.2) is 19.6 Å². The molecular weight excluding hydrogens is 917 g/mol. The molecule has 19 heteroatoms. The molecule has 4 aromatic heterocycles. The highest BCUT2D eigenvalue weighted by molar-refractivity contribution is 5.89. The van der Waals surface area contributed by atoms with Gasteiger partial charge in [-0.05, 0) is 88.8 Å². The van der Waals surface area contributed by atoms with E-state index in [1.54, 1.807) is 16.8 Å². The van der Waals surface area contributed by atoms with Crippen LogP contribution in [-0.4, -0.2) is 127 Å². The molecule has 1 saturated carbocycles. The molecule has 0 spiro atoms. The largest absolute Gasteiger partial charge is 0.444 e. The number of carbonyl (C=O) groups is 2. The molecule has 3 fully saturated rings. The first-order valence-electron chi connectivity index (χ1n) is 26.0. The number of amides is 2. The minimum atomic E-state index is -0.515. The van der Waals surface area contributed by atoms with E-state index in [0.717, 1.165) is 91.6 Å². The molecule has 3 atom stereocenters. The van der Waals surface area contributed by atoms with Crippen LogP contribution < -0.4 is 26.0 Å². The monoisotopic (exact) mass is 989 g/mol. The van der Waals surface area contributed by atoms with Gasteiger partial charge in [0.15, 0.2) is 5.65 Å². The number of ether oxygens (including phenoxy) is 3. The molecule has 1 aliphatic carbocycles. The molecule has 4 aliphatic rings. The van der Waals surface area contributed by atoms with Gasteiger partial charge in [0.2, 0.25) is 5.95 Å². The Balaban J connectivity index is 0.779. The Morgan fingerprint density at radius 1 is 0.944 bits per heavy atom. The van der Waals surface area contributed by atoms with Crippen molar-refractivity contribution in [2.24, 2.45) is 5.92 Å². The maximum absolute atomic E-state index is 13.1. The van der Waals surface area contributed by atoms with Gasteiger partial charge in [-0.15, -0.1) is 0 Å². The zero-order valence-corrected chi connectivity index (χ0v) is 42.6. The SMILES string of the molecule is CCc1cnn2c(NCc3ccc(=O)n(CCOCCN4C(=O)OCc5cnc(N[C@@H](C)c6ccc([C@H](CC7CC7)N7CCN(C(=O)OC(C)(C)C)CC7)cc6)nc54)c3)cc(N3CCCC[C@H]3CCO)nc12. The van der Waals surface area contributed by atoms with Gasteiger partial charge in [0.1, 0.15) is 29.7 Å². The van der Waals surface area contributed by atoms with E-state index >= 15 is 0 Å². The molecule has 3 N–H and O–H groups in total. The Bertz CT molecular complexity index is 2710. The lowest BCUT2D eigenvalue weighted by atomic mass is 9.96. The Morgan fingerprint density at radius 2 is 1.72 bits per heavy atom. The van der Waals surface area contributed by atoms with Gasteiger partial charge in [-0.3, -0.25) is 14.6 Å². The second-order valence-corrected chi connectivity index (χ2v) is 20.6. The second-order valence-electron chi connectivity index (χ2n) is 20.6. The number of rotatable bonds is 20. The summed E-state index contributed by atoms with van der Waals surface area (Å²) in [6.45, 7) is 15.3. The predicted octanol–water partition coefficient (Wildman–Crippen LogP) is 7.34. The lowest BCUT2D eigenvalue weighted by Gasteiger charge is -2.40. The van der Waals surface area contributed by atoms with Gasteiger partial charge < -0.3 is 44.3 Å². The number of aliphatic hydroxyl groups excluding tert-OH is 1. The maximum atomic E-state index is 13.1. The maximum Gasteiger partial charge on any atom is 0.415 e. The molecule has 19 nitrogen and oxygen atoms in total. The van der Waals surface area contributed by atoms with E-state index in [2.05, 4.69) is 68.6 Å². The number of carbonyl (C=O) groups excluding carboxylic acids is 2. The van der Waals surface area contributed by atoms with Crippen molar-refractivity contribution in [3.05, 3.63) is 99.2 Å². The number of aryl methyl sites for hydroxylation is 1. The highest BCUT2D eigenvalue weighted by Crippen LogP contribution is 2.41. The van der Waals surface area contributed by atoms with Crippen molar-refractivity contribution >= 4 is 41.2 Å². The summed E-state index contributed by atoms with van der Waals surface area (Å²) in [5.41, 5.74) is 5.17. The smallest absolute Gasteiger partial charge is 0.415 e. The van der Waals surface area contributed by atoms with Crippen molar-refractivity contribution in [2.75, 3.05) is 79.5 Å². The summed E-state index contributed by atoms with van der Waals surface area (Å²) in [6.07, 6.45) is 13.0. The van der Waals surface area contributed by atoms with Gasteiger partial charge in [-0.1, -0.05) is 50.1 Å². The lowest BCUT2D eigenvalue weighted by Crippen LogP contribution is -2.50. The van der Waals surface area contributed by atoms with Crippen LogP contribution in [0.25, 0.3) is 5.65 Å². The third kappa shape index (κ3) is 12.3. The van der Waals surface area contributed by atoms with Crippen molar-refractivity contribution < 1.29 is 28.9 Å². The molecule has 2 saturated heterocycles. The fourth-order valence-corrected chi connectivity index (χ4v) is 10.0. The number of anilines is 4. The molecule has 0 radical (unpaired) electrons. The number of hydrogen-bond donors (Lipinski definition) is 3. The number of nitrogens with one attached hydrogen (secondary N) is 2.